The van der Waals surface area contributed by atoms with Crippen LogP contribution in [0.2, 0.25) is 0 Å². The minimum absolute atomic E-state index is 0. The zero-order valence-corrected chi connectivity index (χ0v) is 8.42. The Morgan fingerprint density at radius 2 is 1.90 bits per heavy atom. The molecule has 0 aromatic carbocycles. The average molecular weight is 152 g/mol. The minimum Gasteiger partial charge on any atom is -0.483 e. The van der Waals surface area contributed by atoms with E-state index in [-0.39, 0.29) is 35.3 Å². The summed E-state index contributed by atoms with van der Waals surface area (Å²) in [5.74, 6) is -2.33. The number of carboxylic acids is 1. The van der Waals surface area contributed by atoms with Crippen molar-refractivity contribution >= 4 is 11.8 Å². The average Bonchev–Trinajstić information content (AvgIpc) is 1.64. The molecule has 1 N–H and O–H groups in total. The normalized spacial score (nSPS) is 11.4. The molecule has 1 atom stereocenters. The van der Waals surface area contributed by atoms with Crippen LogP contribution in [0.25, 0.3) is 0 Å². The van der Waals surface area contributed by atoms with Gasteiger partial charge in [-0.25, -0.2) is 0 Å². The molecule has 0 saturated heterocycles. The van der Waals surface area contributed by atoms with Crippen LogP contribution in [-0.4, -0.2) is 16.9 Å². The van der Waals surface area contributed by atoms with Crippen LogP contribution in [0, 0.1) is 12.3 Å². The van der Waals surface area contributed by atoms with E-state index in [0.717, 1.165) is 0 Å². The van der Waals surface area contributed by atoms with Gasteiger partial charge in [0, 0.05) is 0 Å². The van der Waals surface area contributed by atoms with Crippen molar-refractivity contribution in [3.05, 3.63) is 6.42 Å². The summed E-state index contributed by atoms with van der Waals surface area (Å²) in [4.78, 5) is 20.5. The Balaban J connectivity index is 0. The number of hydrogen-bond donors (Lipinski definition) is 1. The summed E-state index contributed by atoms with van der Waals surface area (Å²) in [5.41, 5.74) is 0. The summed E-state index contributed by atoms with van der Waals surface area (Å²) in [6, 6.07) is 0. The smallest absolute Gasteiger partial charge is 0.483 e. The number of carbonyl (C=O) groups excluding carboxylic acids is 1. The third-order valence-corrected chi connectivity index (χ3v) is 1.04. The first-order valence-corrected chi connectivity index (χ1v) is 2.62. The Morgan fingerprint density at radius 3 is 1.90 bits per heavy atom. The van der Waals surface area contributed by atoms with Gasteiger partial charge in [-0.15, -0.1) is 0 Å². The SMILES string of the molecule is C[CH-]C(C(C)=O)C(=O)O.[Na+]. The van der Waals surface area contributed by atoms with E-state index < -0.39 is 11.9 Å². The fourth-order valence-electron chi connectivity index (χ4n) is 0.551. The van der Waals surface area contributed by atoms with E-state index in [0.29, 0.717) is 0 Å². The number of aliphatic carboxylic acids is 1. The van der Waals surface area contributed by atoms with E-state index >= 15 is 0 Å². The van der Waals surface area contributed by atoms with Gasteiger partial charge >= 0.3 is 29.6 Å². The molecule has 52 valence electrons. The minimum atomic E-state index is -1.08. The predicted octanol–water partition coefficient (Wildman–Crippen LogP) is -2.50. The molecule has 3 nitrogen and oxygen atoms in total. The summed E-state index contributed by atoms with van der Waals surface area (Å²) in [7, 11) is 0. The van der Waals surface area contributed by atoms with Gasteiger partial charge in [0.05, 0.1) is 0 Å². The topological polar surface area (TPSA) is 54.4 Å². The molecular formula is C6H9NaO3. The maximum Gasteiger partial charge on any atom is 1.00 e. The maximum absolute atomic E-state index is 10.4. The molecule has 0 aliphatic carbocycles. The van der Waals surface area contributed by atoms with Crippen molar-refractivity contribution in [1.29, 1.82) is 0 Å². The Kier molecular flexibility index (Phi) is 7.53. The Hall–Kier alpha value is 0.140. The Labute approximate surface area is 82.1 Å². The maximum atomic E-state index is 10.4. The van der Waals surface area contributed by atoms with Crippen molar-refractivity contribution in [2.24, 2.45) is 5.92 Å². The van der Waals surface area contributed by atoms with Crippen LogP contribution >= 0.6 is 0 Å². The zero-order valence-electron chi connectivity index (χ0n) is 6.42. The first-order valence-electron chi connectivity index (χ1n) is 2.62. The quantitative estimate of drug-likeness (QED) is 0.276. The summed E-state index contributed by atoms with van der Waals surface area (Å²) >= 11 is 0. The van der Waals surface area contributed by atoms with Crippen LogP contribution in [0.15, 0.2) is 0 Å². The van der Waals surface area contributed by atoms with E-state index in [1.54, 1.807) is 6.92 Å². The van der Waals surface area contributed by atoms with Crippen LogP contribution in [0.4, 0.5) is 0 Å². The molecule has 0 spiro atoms. The van der Waals surface area contributed by atoms with Crippen LogP contribution in [-0.2, 0) is 9.59 Å². The standard InChI is InChI=1S/C6H9O3.Na/c1-3-5(4(2)7)6(8)9;/h3,5H,1-2H3,(H,8,9);/q-1;+1. The molecule has 0 bridgehead atoms. The number of ketones is 1. The van der Waals surface area contributed by atoms with E-state index in [1.807, 2.05) is 0 Å². The largest absolute Gasteiger partial charge is 1.00 e. The molecule has 0 radical (unpaired) electrons. The molecule has 1 unspecified atom stereocenters. The predicted molar refractivity (Wildman–Crippen MR) is 31.8 cm³/mol. The zero-order chi connectivity index (χ0) is 7.44. The molecule has 0 aromatic heterocycles. The second kappa shape index (κ2) is 5.89. The molecule has 0 fully saturated rings. The molecule has 0 heterocycles. The van der Waals surface area contributed by atoms with Crippen LogP contribution in [0.1, 0.15) is 13.8 Å². The second-order valence-electron chi connectivity index (χ2n) is 1.76. The monoisotopic (exact) mass is 152 g/mol. The molecule has 0 amide bonds. The number of carbonyl (C=O) groups is 2. The van der Waals surface area contributed by atoms with Crippen molar-refractivity contribution in [3.8, 4) is 0 Å². The van der Waals surface area contributed by atoms with Crippen LogP contribution < -0.4 is 29.6 Å². The van der Waals surface area contributed by atoms with Gasteiger partial charge in [0.1, 0.15) is 5.78 Å². The fourth-order valence-corrected chi connectivity index (χ4v) is 0.551. The number of rotatable bonds is 3. The first kappa shape index (κ1) is 12.8. The van der Waals surface area contributed by atoms with Crippen molar-refractivity contribution in [1.82, 2.24) is 0 Å². The summed E-state index contributed by atoms with van der Waals surface area (Å²) in [6.07, 6.45) is 1.37. The van der Waals surface area contributed by atoms with Gasteiger partial charge in [-0.2, -0.15) is 6.92 Å². The molecule has 0 saturated carbocycles. The van der Waals surface area contributed by atoms with E-state index in [2.05, 4.69) is 0 Å². The number of hydrogen-bond acceptors (Lipinski definition) is 2. The van der Waals surface area contributed by atoms with Gasteiger partial charge in [0.15, 0.2) is 0 Å². The Bertz CT molecular complexity index is 119. The third-order valence-electron chi connectivity index (χ3n) is 1.04. The Morgan fingerprint density at radius 1 is 1.50 bits per heavy atom. The van der Waals surface area contributed by atoms with E-state index in [9.17, 15) is 9.59 Å². The van der Waals surface area contributed by atoms with Gasteiger partial charge in [-0.1, -0.05) is 0 Å². The molecule has 4 heteroatoms. The van der Waals surface area contributed by atoms with Gasteiger partial charge in [-0.05, 0) is 12.8 Å². The van der Waals surface area contributed by atoms with E-state index in [4.69, 9.17) is 5.11 Å². The number of Topliss-reactive ketones (excluding diaryl/α,β-unsaturated/α-hetero) is 1. The van der Waals surface area contributed by atoms with Crippen molar-refractivity contribution in [3.63, 3.8) is 0 Å². The first-order chi connectivity index (χ1) is 4.09. The third kappa shape index (κ3) is 4.04. The van der Waals surface area contributed by atoms with E-state index in [1.165, 1.54) is 13.3 Å². The molecule has 0 aliphatic rings. The fraction of sp³-hybridized carbons (Fsp3) is 0.500. The second-order valence-corrected chi connectivity index (χ2v) is 1.76. The van der Waals surface area contributed by atoms with Crippen LogP contribution in [0.3, 0.4) is 0 Å². The van der Waals surface area contributed by atoms with Crippen molar-refractivity contribution in [2.75, 3.05) is 0 Å². The molecule has 0 aliphatic heterocycles. The van der Waals surface area contributed by atoms with Gasteiger partial charge in [0.2, 0.25) is 0 Å². The van der Waals surface area contributed by atoms with Gasteiger partial charge in [-0.3, -0.25) is 4.79 Å². The van der Waals surface area contributed by atoms with Crippen molar-refractivity contribution in [2.45, 2.75) is 13.8 Å². The molecule has 10 heavy (non-hydrogen) atoms. The van der Waals surface area contributed by atoms with Crippen LogP contribution in [0.5, 0.6) is 0 Å². The summed E-state index contributed by atoms with van der Waals surface area (Å²) in [6.45, 7) is 2.82. The molecule has 0 rings (SSSR count). The van der Waals surface area contributed by atoms with Crippen molar-refractivity contribution < 1.29 is 44.3 Å². The number of carboxylic acid groups (broad SMARTS) is 1. The summed E-state index contributed by atoms with van der Waals surface area (Å²) in [5, 5.41) is 8.29. The molecule has 0 aromatic rings. The molecular weight excluding hydrogens is 143 g/mol. The van der Waals surface area contributed by atoms with Gasteiger partial charge < -0.3 is 16.3 Å². The summed E-state index contributed by atoms with van der Waals surface area (Å²) < 4.78 is 0. The van der Waals surface area contributed by atoms with Gasteiger partial charge in [0.25, 0.3) is 5.97 Å².